The molecule has 18 heavy (non-hydrogen) atoms. The highest BCUT2D eigenvalue weighted by atomic mass is 19.1. The van der Waals surface area contributed by atoms with Gasteiger partial charge in [0.05, 0.1) is 11.6 Å². The maximum absolute atomic E-state index is 13.3. The van der Waals surface area contributed by atoms with E-state index in [1.165, 1.54) is 6.07 Å². The largest absolute Gasteiger partial charge is 0.373 e. The Morgan fingerprint density at radius 3 is 2.78 bits per heavy atom. The van der Waals surface area contributed by atoms with Gasteiger partial charge in [0.2, 0.25) is 0 Å². The first-order valence-electron chi connectivity index (χ1n) is 6.43. The Morgan fingerprint density at radius 2 is 2.22 bits per heavy atom. The molecule has 0 radical (unpaired) electrons. The Kier molecular flexibility index (Phi) is 4.00. The number of hydrogen-bond acceptors (Lipinski definition) is 3. The van der Waals surface area contributed by atoms with Crippen molar-refractivity contribution in [1.82, 2.24) is 5.43 Å². The van der Waals surface area contributed by atoms with E-state index in [1.807, 2.05) is 6.07 Å². The second kappa shape index (κ2) is 5.34. The lowest BCUT2D eigenvalue weighted by Gasteiger charge is -2.40. The highest BCUT2D eigenvalue weighted by Gasteiger charge is 2.37. The molecule has 1 aromatic rings. The van der Waals surface area contributed by atoms with E-state index in [0.717, 1.165) is 31.4 Å². The third-order valence-corrected chi connectivity index (χ3v) is 3.79. The lowest BCUT2D eigenvalue weighted by molar-refractivity contribution is -0.0899. The number of halogens is 1. The van der Waals surface area contributed by atoms with Crippen molar-refractivity contribution in [2.45, 2.75) is 44.8 Å². The molecule has 2 rings (SSSR count). The van der Waals surface area contributed by atoms with Crippen LogP contribution >= 0.6 is 0 Å². The SMILES string of the molecule is Cc1cc(C(NN)C2(C)CCCCO2)ccc1F. The molecule has 1 heterocycles. The van der Waals surface area contributed by atoms with Crippen molar-refractivity contribution in [2.24, 2.45) is 5.84 Å². The molecule has 3 N–H and O–H groups in total. The molecule has 0 bridgehead atoms. The highest BCUT2D eigenvalue weighted by Crippen LogP contribution is 2.36. The smallest absolute Gasteiger partial charge is 0.126 e. The van der Waals surface area contributed by atoms with Gasteiger partial charge >= 0.3 is 0 Å². The van der Waals surface area contributed by atoms with Gasteiger partial charge in [-0.2, -0.15) is 0 Å². The number of nitrogens with two attached hydrogens (primary N) is 1. The van der Waals surface area contributed by atoms with E-state index < -0.39 is 0 Å². The Hall–Kier alpha value is -0.970. The molecule has 1 aliphatic rings. The fraction of sp³-hybridized carbons (Fsp3) is 0.571. The Bertz CT molecular complexity index is 416. The zero-order chi connectivity index (χ0) is 13.2. The molecule has 2 atom stereocenters. The Morgan fingerprint density at radius 1 is 1.44 bits per heavy atom. The van der Waals surface area contributed by atoms with Gasteiger partial charge in [-0.05, 0) is 50.3 Å². The maximum Gasteiger partial charge on any atom is 0.126 e. The summed E-state index contributed by atoms with van der Waals surface area (Å²) in [5.41, 5.74) is 4.11. The van der Waals surface area contributed by atoms with Gasteiger partial charge in [-0.1, -0.05) is 12.1 Å². The summed E-state index contributed by atoms with van der Waals surface area (Å²) in [6, 6.07) is 4.98. The zero-order valence-corrected chi connectivity index (χ0v) is 11.0. The summed E-state index contributed by atoms with van der Waals surface area (Å²) in [4.78, 5) is 0. The van der Waals surface area contributed by atoms with E-state index in [4.69, 9.17) is 10.6 Å². The van der Waals surface area contributed by atoms with E-state index in [2.05, 4.69) is 12.3 Å². The van der Waals surface area contributed by atoms with Crippen molar-refractivity contribution in [3.8, 4) is 0 Å². The van der Waals surface area contributed by atoms with Crippen molar-refractivity contribution in [1.29, 1.82) is 0 Å². The van der Waals surface area contributed by atoms with Crippen LogP contribution in [0.4, 0.5) is 4.39 Å². The third-order valence-electron chi connectivity index (χ3n) is 3.79. The van der Waals surface area contributed by atoms with E-state index in [9.17, 15) is 4.39 Å². The molecule has 100 valence electrons. The van der Waals surface area contributed by atoms with Crippen LogP contribution in [0.3, 0.4) is 0 Å². The van der Waals surface area contributed by atoms with Gasteiger partial charge < -0.3 is 4.74 Å². The predicted molar refractivity (Wildman–Crippen MR) is 69.4 cm³/mol. The van der Waals surface area contributed by atoms with Gasteiger partial charge in [0.25, 0.3) is 0 Å². The zero-order valence-electron chi connectivity index (χ0n) is 11.0. The number of nitrogens with one attached hydrogen (secondary N) is 1. The minimum atomic E-state index is -0.322. The Balaban J connectivity index is 2.29. The van der Waals surface area contributed by atoms with Crippen LogP contribution in [0.25, 0.3) is 0 Å². The molecule has 1 aliphatic heterocycles. The Labute approximate surface area is 107 Å². The lowest BCUT2D eigenvalue weighted by atomic mass is 9.84. The predicted octanol–water partition coefficient (Wildman–Crippen LogP) is 2.60. The quantitative estimate of drug-likeness (QED) is 0.642. The number of hydrazine groups is 1. The van der Waals surface area contributed by atoms with Gasteiger partial charge in [-0.15, -0.1) is 0 Å². The first-order chi connectivity index (χ1) is 8.57. The topological polar surface area (TPSA) is 47.3 Å². The molecule has 0 spiro atoms. The van der Waals surface area contributed by atoms with Crippen LogP contribution in [0, 0.1) is 12.7 Å². The summed E-state index contributed by atoms with van der Waals surface area (Å²) in [6.45, 7) is 4.58. The lowest BCUT2D eigenvalue weighted by Crippen LogP contribution is -2.48. The standard InChI is InChI=1S/C14H21FN2O/c1-10-9-11(5-6-12(10)15)13(17-16)14(2)7-3-4-8-18-14/h5-6,9,13,17H,3-4,7-8,16H2,1-2H3. The molecule has 2 unspecified atom stereocenters. The maximum atomic E-state index is 13.3. The van der Waals surface area contributed by atoms with Gasteiger partial charge in [-0.25, -0.2) is 4.39 Å². The monoisotopic (exact) mass is 252 g/mol. The van der Waals surface area contributed by atoms with Crippen LogP contribution in [0.5, 0.6) is 0 Å². The van der Waals surface area contributed by atoms with E-state index in [0.29, 0.717) is 5.56 Å². The molecule has 0 saturated carbocycles. The van der Waals surface area contributed by atoms with Crippen LogP contribution in [-0.2, 0) is 4.74 Å². The molecule has 0 aromatic heterocycles. The van der Waals surface area contributed by atoms with E-state index in [-0.39, 0.29) is 17.5 Å². The molecular formula is C14H21FN2O. The molecule has 0 aliphatic carbocycles. The van der Waals surface area contributed by atoms with Crippen LogP contribution < -0.4 is 11.3 Å². The minimum absolute atomic E-state index is 0.114. The van der Waals surface area contributed by atoms with Gasteiger partial charge in [0.15, 0.2) is 0 Å². The molecule has 1 fully saturated rings. The van der Waals surface area contributed by atoms with E-state index >= 15 is 0 Å². The molecular weight excluding hydrogens is 231 g/mol. The summed E-state index contributed by atoms with van der Waals surface area (Å²) in [7, 11) is 0. The first kappa shape index (κ1) is 13.5. The van der Waals surface area contributed by atoms with Crippen LogP contribution in [0.15, 0.2) is 18.2 Å². The number of benzene rings is 1. The molecule has 3 nitrogen and oxygen atoms in total. The first-order valence-corrected chi connectivity index (χ1v) is 6.43. The normalized spacial score (nSPS) is 26.0. The average Bonchev–Trinajstić information content (AvgIpc) is 2.35. The van der Waals surface area contributed by atoms with Gasteiger partial charge in [0, 0.05) is 6.61 Å². The summed E-state index contributed by atoms with van der Waals surface area (Å²) < 4.78 is 19.2. The van der Waals surface area contributed by atoms with Crippen molar-refractivity contribution in [2.75, 3.05) is 6.61 Å². The summed E-state index contributed by atoms with van der Waals surface area (Å²) in [6.07, 6.45) is 3.18. The molecule has 1 aromatic carbocycles. The third kappa shape index (κ3) is 2.55. The second-order valence-corrected chi connectivity index (χ2v) is 5.23. The summed E-state index contributed by atoms with van der Waals surface area (Å²) >= 11 is 0. The fourth-order valence-electron chi connectivity index (χ4n) is 2.66. The molecule has 0 amide bonds. The van der Waals surface area contributed by atoms with Crippen LogP contribution in [0.1, 0.15) is 43.4 Å². The minimum Gasteiger partial charge on any atom is -0.373 e. The van der Waals surface area contributed by atoms with Crippen molar-refractivity contribution < 1.29 is 9.13 Å². The van der Waals surface area contributed by atoms with Gasteiger partial charge in [-0.3, -0.25) is 11.3 Å². The number of rotatable bonds is 3. The van der Waals surface area contributed by atoms with Crippen LogP contribution in [0.2, 0.25) is 0 Å². The van der Waals surface area contributed by atoms with Crippen molar-refractivity contribution in [3.63, 3.8) is 0 Å². The number of hydrogen-bond donors (Lipinski definition) is 2. The van der Waals surface area contributed by atoms with Crippen LogP contribution in [-0.4, -0.2) is 12.2 Å². The summed E-state index contributed by atoms with van der Waals surface area (Å²) in [5, 5.41) is 0. The molecule has 1 saturated heterocycles. The number of aryl methyl sites for hydroxylation is 1. The van der Waals surface area contributed by atoms with E-state index in [1.54, 1.807) is 13.0 Å². The van der Waals surface area contributed by atoms with Gasteiger partial charge in [0.1, 0.15) is 5.82 Å². The van der Waals surface area contributed by atoms with Crippen molar-refractivity contribution in [3.05, 3.63) is 35.1 Å². The second-order valence-electron chi connectivity index (χ2n) is 5.23. The summed E-state index contributed by atoms with van der Waals surface area (Å²) in [5.74, 6) is 5.49. The average molecular weight is 252 g/mol. The van der Waals surface area contributed by atoms with Crippen molar-refractivity contribution >= 4 is 0 Å². The highest BCUT2D eigenvalue weighted by molar-refractivity contribution is 5.28. The molecule has 4 heteroatoms. The number of ether oxygens (including phenoxy) is 1. The fourth-order valence-corrected chi connectivity index (χ4v) is 2.66.